The Labute approximate surface area is 151 Å². The number of hydrogen-bond acceptors (Lipinski definition) is 5. The number of carbonyl (C=O) groups excluding carboxylic acids is 1. The zero-order chi connectivity index (χ0) is 17.8. The van der Waals surface area contributed by atoms with Gasteiger partial charge in [0.05, 0.1) is 4.92 Å². The van der Waals surface area contributed by atoms with Gasteiger partial charge in [-0.3, -0.25) is 10.1 Å². The van der Waals surface area contributed by atoms with E-state index in [2.05, 4.69) is 20.9 Å². The molecule has 25 heavy (non-hydrogen) atoms. The van der Waals surface area contributed by atoms with Gasteiger partial charge >= 0.3 is 5.97 Å². The maximum absolute atomic E-state index is 12.0. The fraction of sp³-hybridized carbons (Fsp3) is 0. The van der Waals surface area contributed by atoms with Gasteiger partial charge in [0.15, 0.2) is 5.70 Å². The number of halogens is 1. The molecule has 1 heterocycles. The summed E-state index contributed by atoms with van der Waals surface area (Å²) in [5.74, 6) is -0.460. The molecule has 0 radical (unpaired) electrons. The van der Waals surface area contributed by atoms with Crippen molar-refractivity contribution in [2.45, 2.75) is 0 Å². The van der Waals surface area contributed by atoms with E-state index in [4.69, 9.17) is 4.74 Å². The van der Waals surface area contributed by atoms with Crippen molar-refractivity contribution >= 4 is 39.6 Å². The van der Waals surface area contributed by atoms with E-state index in [1.807, 2.05) is 36.4 Å². The lowest BCUT2D eigenvalue weighted by atomic mass is 10.2. The van der Waals surface area contributed by atoms with Crippen LogP contribution in [0.2, 0.25) is 0 Å². The third kappa shape index (κ3) is 4.07. The largest absolute Gasteiger partial charge is 0.402 e. The third-order valence-electron chi connectivity index (χ3n) is 3.32. The smallest absolute Gasteiger partial charge is 0.363 e. The molecule has 0 aliphatic carbocycles. The van der Waals surface area contributed by atoms with E-state index in [9.17, 15) is 14.9 Å². The quantitative estimate of drug-likeness (QED) is 0.334. The SMILES string of the molecule is O=C1OC(c2ccc([N+](=O)[O-])cc2)=N/C1=C/C(Br)=C/c1ccccc1. The van der Waals surface area contributed by atoms with Crippen molar-refractivity contribution in [1.29, 1.82) is 0 Å². The molecule has 2 aromatic carbocycles. The van der Waals surface area contributed by atoms with Crippen molar-refractivity contribution in [2.24, 2.45) is 4.99 Å². The lowest BCUT2D eigenvalue weighted by Gasteiger charge is -1.98. The van der Waals surface area contributed by atoms with Gasteiger partial charge in [-0.25, -0.2) is 9.79 Å². The van der Waals surface area contributed by atoms with E-state index < -0.39 is 10.9 Å². The highest BCUT2D eigenvalue weighted by Gasteiger charge is 2.24. The lowest BCUT2D eigenvalue weighted by molar-refractivity contribution is -0.384. The number of ether oxygens (including phenoxy) is 1. The molecule has 0 spiro atoms. The number of benzene rings is 2. The van der Waals surface area contributed by atoms with E-state index in [0.29, 0.717) is 10.0 Å². The van der Waals surface area contributed by atoms with Crippen LogP contribution in [-0.2, 0) is 9.53 Å². The van der Waals surface area contributed by atoms with Crippen molar-refractivity contribution in [3.63, 3.8) is 0 Å². The summed E-state index contributed by atoms with van der Waals surface area (Å²) < 4.78 is 5.80. The number of carbonyl (C=O) groups is 1. The molecule has 3 rings (SSSR count). The van der Waals surface area contributed by atoms with Crippen LogP contribution in [-0.4, -0.2) is 16.8 Å². The highest BCUT2D eigenvalue weighted by atomic mass is 79.9. The average Bonchev–Trinajstić information content (AvgIpc) is 2.96. The van der Waals surface area contributed by atoms with Crippen molar-refractivity contribution in [3.8, 4) is 0 Å². The number of non-ortho nitro benzene ring substituents is 1. The molecule has 124 valence electrons. The van der Waals surface area contributed by atoms with E-state index in [1.165, 1.54) is 24.3 Å². The molecule has 6 nitrogen and oxygen atoms in total. The lowest BCUT2D eigenvalue weighted by Crippen LogP contribution is -2.05. The van der Waals surface area contributed by atoms with Crippen molar-refractivity contribution in [2.75, 3.05) is 0 Å². The van der Waals surface area contributed by atoms with E-state index in [-0.39, 0.29) is 17.3 Å². The topological polar surface area (TPSA) is 81.8 Å². The van der Waals surface area contributed by atoms with Crippen LogP contribution in [0.15, 0.2) is 75.8 Å². The van der Waals surface area contributed by atoms with Gasteiger partial charge in [0.25, 0.3) is 5.69 Å². The number of allylic oxidation sites excluding steroid dienone is 2. The first-order valence-electron chi connectivity index (χ1n) is 7.22. The Morgan fingerprint density at radius 1 is 1.12 bits per heavy atom. The van der Waals surface area contributed by atoms with Crippen LogP contribution < -0.4 is 0 Å². The average molecular weight is 399 g/mol. The molecule has 0 aromatic heterocycles. The van der Waals surface area contributed by atoms with E-state index in [0.717, 1.165) is 5.56 Å². The number of nitro benzene ring substituents is 1. The van der Waals surface area contributed by atoms with Gasteiger partial charge in [-0.1, -0.05) is 46.3 Å². The first-order chi connectivity index (χ1) is 12.0. The maximum atomic E-state index is 12.0. The predicted molar refractivity (Wildman–Crippen MR) is 97.2 cm³/mol. The molecule has 0 amide bonds. The second-order valence-corrected chi connectivity index (χ2v) is 6.00. The summed E-state index contributed by atoms with van der Waals surface area (Å²) in [6, 6.07) is 15.2. The monoisotopic (exact) mass is 398 g/mol. The second-order valence-electron chi connectivity index (χ2n) is 5.08. The molecule has 7 heteroatoms. The highest BCUT2D eigenvalue weighted by molar-refractivity contribution is 9.12. The van der Waals surface area contributed by atoms with Crippen LogP contribution in [0.4, 0.5) is 5.69 Å². The Hall–Kier alpha value is -3.06. The summed E-state index contributed by atoms with van der Waals surface area (Å²) in [7, 11) is 0. The fourth-order valence-corrected chi connectivity index (χ4v) is 2.62. The number of hydrogen-bond donors (Lipinski definition) is 0. The first kappa shape index (κ1) is 16.8. The Morgan fingerprint density at radius 2 is 1.80 bits per heavy atom. The third-order valence-corrected chi connectivity index (χ3v) is 3.78. The molecular weight excluding hydrogens is 388 g/mol. The van der Waals surface area contributed by atoms with Crippen LogP contribution in [0.5, 0.6) is 0 Å². The molecule has 2 aromatic rings. The Bertz CT molecular complexity index is 916. The highest BCUT2D eigenvalue weighted by Crippen LogP contribution is 2.22. The number of esters is 1. The van der Waals surface area contributed by atoms with Gasteiger partial charge in [-0.2, -0.15) is 0 Å². The summed E-state index contributed by atoms with van der Waals surface area (Å²) in [6.45, 7) is 0. The van der Waals surface area contributed by atoms with Crippen LogP contribution in [0, 0.1) is 10.1 Å². The predicted octanol–water partition coefficient (Wildman–Crippen LogP) is 4.22. The summed E-state index contributed by atoms with van der Waals surface area (Å²) in [5.41, 5.74) is 1.56. The summed E-state index contributed by atoms with van der Waals surface area (Å²) in [6.07, 6.45) is 3.41. The summed E-state index contributed by atoms with van der Waals surface area (Å²) in [5, 5.41) is 10.7. The van der Waals surface area contributed by atoms with Crippen molar-refractivity contribution in [3.05, 3.63) is 92.1 Å². The first-order valence-corrected chi connectivity index (χ1v) is 8.02. The molecular formula is C18H11BrN2O4. The van der Waals surface area contributed by atoms with Gasteiger partial charge < -0.3 is 4.74 Å². The summed E-state index contributed by atoms with van der Waals surface area (Å²) >= 11 is 3.39. The van der Waals surface area contributed by atoms with Gasteiger partial charge in [0, 0.05) is 22.2 Å². The van der Waals surface area contributed by atoms with Gasteiger partial charge in [-0.05, 0) is 29.8 Å². The van der Waals surface area contributed by atoms with Crippen molar-refractivity contribution < 1.29 is 14.5 Å². The zero-order valence-electron chi connectivity index (χ0n) is 12.8. The number of rotatable bonds is 4. The fourth-order valence-electron chi connectivity index (χ4n) is 2.14. The second kappa shape index (κ2) is 7.23. The molecule has 1 aliphatic heterocycles. The molecule has 1 aliphatic rings. The molecule has 0 bridgehead atoms. The molecule has 0 saturated carbocycles. The van der Waals surface area contributed by atoms with E-state index in [1.54, 1.807) is 6.08 Å². The normalized spacial score (nSPS) is 15.9. The van der Waals surface area contributed by atoms with E-state index >= 15 is 0 Å². The van der Waals surface area contributed by atoms with Gasteiger partial charge in [0.2, 0.25) is 5.90 Å². The number of cyclic esters (lactones) is 1. The maximum Gasteiger partial charge on any atom is 0.363 e. The zero-order valence-corrected chi connectivity index (χ0v) is 14.3. The molecule has 0 N–H and O–H groups in total. The molecule has 0 unspecified atom stereocenters. The minimum atomic E-state index is -0.577. The van der Waals surface area contributed by atoms with Crippen molar-refractivity contribution in [1.82, 2.24) is 0 Å². The van der Waals surface area contributed by atoms with Crippen LogP contribution in [0.3, 0.4) is 0 Å². The van der Waals surface area contributed by atoms with Gasteiger partial charge in [0.1, 0.15) is 0 Å². The summed E-state index contributed by atoms with van der Waals surface area (Å²) in [4.78, 5) is 26.3. The molecule has 0 atom stereocenters. The van der Waals surface area contributed by atoms with Crippen LogP contribution >= 0.6 is 15.9 Å². The Kier molecular flexibility index (Phi) is 4.85. The standard InChI is InChI=1S/C18H11BrN2O4/c19-14(10-12-4-2-1-3-5-12)11-16-18(22)25-17(20-16)13-6-8-15(9-7-13)21(23)24/h1-11H/b14-10-,16-11+. The van der Waals surface area contributed by atoms with Crippen LogP contribution in [0.1, 0.15) is 11.1 Å². The number of aliphatic imine (C=N–C) groups is 1. The van der Waals surface area contributed by atoms with Crippen LogP contribution in [0.25, 0.3) is 6.08 Å². The number of nitrogens with zero attached hydrogens (tertiary/aromatic N) is 2. The minimum absolute atomic E-state index is 0.0435. The van der Waals surface area contributed by atoms with Gasteiger partial charge in [-0.15, -0.1) is 0 Å². The Balaban J connectivity index is 1.84. The molecule has 0 fully saturated rings. The Morgan fingerprint density at radius 3 is 2.44 bits per heavy atom. The minimum Gasteiger partial charge on any atom is -0.402 e. The molecule has 0 saturated heterocycles. The number of nitro groups is 1.